The Bertz CT molecular complexity index is 1240. The highest BCUT2D eigenvalue weighted by Crippen LogP contribution is 2.38. The van der Waals surface area contributed by atoms with Crippen LogP contribution in [-0.2, 0) is 20.7 Å². The average molecular weight is 513 g/mol. The van der Waals surface area contributed by atoms with Gasteiger partial charge in [-0.15, -0.1) is 13.2 Å². The van der Waals surface area contributed by atoms with E-state index in [1.165, 1.54) is 18.2 Å². The van der Waals surface area contributed by atoms with Gasteiger partial charge in [-0.3, -0.25) is 0 Å². The highest BCUT2D eigenvalue weighted by atomic mass is 35.5. The number of carboxylic acids is 1. The molecule has 0 saturated carbocycles. The summed E-state index contributed by atoms with van der Waals surface area (Å²) in [5, 5.41) is 17.1. The Morgan fingerprint density at radius 3 is 2.49 bits per heavy atom. The fraction of sp³-hybridized carbons (Fsp3) is 0.238. The number of hydrazone groups is 1. The fourth-order valence-electron chi connectivity index (χ4n) is 3.71. The Morgan fingerprint density at radius 2 is 1.89 bits per heavy atom. The summed E-state index contributed by atoms with van der Waals surface area (Å²) in [6.45, 7) is -0.680. The summed E-state index contributed by atoms with van der Waals surface area (Å²) < 4.78 is 51.2. The van der Waals surface area contributed by atoms with Crippen LogP contribution in [-0.4, -0.2) is 54.6 Å². The largest absolute Gasteiger partial charge is 0.573 e. The van der Waals surface area contributed by atoms with Crippen LogP contribution in [0.4, 0.5) is 28.4 Å². The Hall–Kier alpha value is -3.84. The van der Waals surface area contributed by atoms with E-state index in [2.05, 4.69) is 14.6 Å². The molecule has 10 nitrogen and oxygen atoms in total. The van der Waals surface area contributed by atoms with Crippen molar-refractivity contribution < 1.29 is 46.9 Å². The molecule has 1 aliphatic carbocycles. The third kappa shape index (κ3) is 4.47. The monoisotopic (exact) mass is 512 g/mol. The zero-order valence-corrected chi connectivity index (χ0v) is 18.4. The predicted molar refractivity (Wildman–Crippen MR) is 111 cm³/mol. The molecular weight excluding hydrogens is 499 g/mol. The zero-order valence-electron chi connectivity index (χ0n) is 17.7. The lowest BCUT2D eigenvalue weighted by atomic mass is 9.98. The van der Waals surface area contributed by atoms with E-state index < -0.39 is 42.5 Å². The molecule has 0 bridgehead atoms. The van der Waals surface area contributed by atoms with Gasteiger partial charge in [0.15, 0.2) is 5.60 Å². The topological polar surface area (TPSA) is 121 Å². The summed E-state index contributed by atoms with van der Waals surface area (Å²) in [5.41, 5.74) is -1.43. The number of hydrogen-bond acceptors (Lipinski definition) is 8. The van der Waals surface area contributed by atoms with Crippen molar-refractivity contribution in [3.05, 3.63) is 58.6 Å². The molecule has 1 heterocycles. The lowest BCUT2D eigenvalue weighted by Crippen LogP contribution is -2.60. The molecular formula is C21H14ClF3N3O7-. The maximum atomic E-state index is 13.2. The van der Waals surface area contributed by atoms with Crippen molar-refractivity contribution in [2.45, 2.75) is 18.4 Å². The minimum Gasteiger partial charge on any atom is -0.547 e. The molecule has 0 N–H and O–H groups in total. The molecule has 2 aromatic carbocycles. The number of nitrogens with zero attached hydrogens (tertiary/aromatic N) is 3. The summed E-state index contributed by atoms with van der Waals surface area (Å²) in [5.74, 6) is -2.17. The van der Waals surface area contributed by atoms with Crippen molar-refractivity contribution in [1.82, 2.24) is 5.01 Å². The molecule has 4 rings (SSSR count). The second kappa shape index (κ2) is 8.74. The summed E-state index contributed by atoms with van der Waals surface area (Å²) in [6, 6.07) is 7.24. The van der Waals surface area contributed by atoms with Crippen molar-refractivity contribution in [1.29, 1.82) is 0 Å². The zero-order chi connectivity index (χ0) is 25.5. The predicted octanol–water partition coefficient (Wildman–Crippen LogP) is 2.67. The second-order valence-corrected chi connectivity index (χ2v) is 7.78. The number of carbonyl (C=O) groups excluding carboxylic acids is 3. The third-order valence-electron chi connectivity index (χ3n) is 5.23. The molecule has 1 aliphatic heterocycles. The van der Waals surface area contributed by atoms with Crippen LogP contribution in [0.3, 0.4) is 0 Å². The summed E-state index contributed by atoms with van der Waals surface area (Å²) in [6.07, 6.45) is -6.27. The quantitative estimate of drug-likeness (QED) is 0.620. The van der Waals surface area contributed by atoms with Gasteiger partial charge < -0.3 is 24.1 Å². The first-order chi connectivity index (χ1) is 16.4. The molecule has 14 heteroatoms. The Labute approximate surface area is 200 Å². The van der Waals surface area contributed by atoms with E-state index in [0.717, 1.165) is 31.4 Å². The summed E-state index contributed by atoms with van der Waals surface area (Å²) in [7, 11) is 0.987. The minimum atomic E-state index is -4.94. The highest BCUT2D eigenvalue weighted by molar-refractivity contribution is 6.31. The number of imide groups is 1. The minimum absolute atomic E-state index is 0.137. The number of ether oxygens (including phenoxy) is 3. The highest BCUT2D eigenvalue weighted by Gasteiger charge is 2.50. The summed E-state index contributed by atoms with van der Waals surface area (Å²) in [4.78, 5) is 38.1. The second-order valence-electron chi connectivity index (χ2n) is 7.34. The number of benzene rings is 2. The maximum absolute atomic E-state index is 13.2. The molecule has 3 amide bonds. The van der Waals surface area contributed by atoms with Crippen LogP contribution in [0.1, 0.15) is 11.1 Å². The molecule has 2 aliphatic rings. The Morgan fingerprint density at radius 1 is 1.20 bits per heavy atom. The molecule has 0 saturated heterocycles. The van der Waals surface area contributed by atoms with E-state index in [1.807, 2.05) is 0 Å². The number of urea groups is 1. The molecule has 2 aromatic rings. The van der Waals surface area contributed by atoms with Crippen molar-refractivity contribution in [2.75, 3.05) is 18.7 Å². The number of hydrogen-bond donors (Lipinski definition) is 0. The van der Waals surface area contributed by atoms with Crippen LogP contribution in [0, 0.1) is 0 Å². The van der Waals surface area contributed by atoms with E-state index in [4.69, 9.17) is 16.3 Å². The van der Waals surface area contributed by atoms with Gasteiger partial charge >= 0.3 is 18.5 Å². The van der Waals surface area contributed by atoms with E-state index in [9.17, 15) is 32.7 Å². The van der Waals surface area contributed by atoms with Crippen LogP contribution in [0.15, 0.2) is 47.6 Å². The average Bonchev–Trinajstić information content (AvgIpc) is 3.13. The number of amides is 3. The van der Waals surface area contributed by atoms with Crippen LogP contribution in [0.25, 0.3) is 0 Å². The summed E-state index contributed by atoms with van der Waals surface area (Å²) >= 11 is 5.99. The van der Waals surface area contributed by atoms with Crippen LogP contribution >= 0.6 is 11.6 Å². The lowest BCUT2D eigenvalue weighted by Gasteiger charge is -2.38. The molecule has 0 radical (unpaired) electrons. The van der Waals surface area contributed by atoms with Crippen LogP contribution in [0.2, 0.25) is 5.02 Å². The standard InChI is InChI=1S/C21H15ClF3N3O7/c1-33-19(32)28(13-3-5-14(6-4-13)35-21(23,24)25)18(31)27-10-34-20(17(29)30)9-11-8-12(22)2-7-15(11)16(20)26-27/h2-8H,9-10H2,1H3,(H,29,30)/p-1. The van der Waals surface area contributed by atoms with Gasteiger partial charge in [-0.25, -0.2) is 9.59 Å². The normalized spacial score (nSPS) is 18.8. The molecule has 1 atom stereocenters. The number of anilines is 1. The van der Waals surface area contributed by atoms with Crippen molar-refractivity contribution in [3.8, 4) is 5.75 Å². The van der Waals surface area contributed by atoms with E-state index in [-0.39, 0.29) is 17.8 Å². The van der Waals surface area contributed by atoms with E-state index >= 15 is 0 Å². The van der Waals surface area contributed by atoms with Crippen molar-refractivity contribution in [2.24, 2.45) is 5.10 Å². The first-order valence-corrected chi connectivity index (χ1v) is 10.1. The van der Waals surface area contributed by atoms with Gasteiger partial charge in [-0.1, -0.05) is 17.7 Å². The molecule has 35 heavy (non-hydrogen) atoms. The number of alkyl halides is 3. The van der Waals surface area contributed by atoms with Gasteiger partial charge in [0.2, 0.25) is 0 Å². The Balaban J connectivity index is 1.69. The smallest absolute Gasteiger partial charge is 0.547 e. The molecule has 0 fully saturated rings. The van der Waals surface area contributed by atoms with Crippen LogP contribution < -0.4 is 14.7 Å². The number of carbonyl (C=O) groups is 3. The SMILES string of the molecule is COC(=O)N(C(=O)N1COC2(C(=O)[O-])Cc3cc(Cl)ccc3C2=N1)c1ccc(OC(F)(F)F)cc1. The Kier molecular flexibility index (Phi) is 6.07. The van der Waals surface area contributed by atoms with Gasteiger partial charge in [0.05, 0.1) is 18.8 Å². The number of aliphatic carboxylic acids is 1. The fourth-order valence-corrected chi connectivity index (χ4v) is 3.90. The van der Waals surface area contributed by atoms with E-state index in [0.29, 0.717) is 26.1 Å². The molecule has 0 spiro atoms. The van der Waals surface area contributed by atoms with Gasteiger partial charge in [0.1, 0.15) is 18.2 Å². The molecule has 184 valence electrons. The van der Waals surface area contributed by atoms with Crippen LogP contribution in [0.5, 0.6) is 5.75 Å². The molecule has 1 unspecified atom stereocenters. The van der Waals surface area contributed by atoms with Crippen molar-refractivity contribution in [3.63, 3.8) is 0 Å². The molecule has 0 aromatic heterocycles. The van der Waals surface area contributed by atoms with Gasteiger partial charge in [-0.2, -0.15) is 15.0 Å². The lowest BCUT2D eigenvalue weighted by molar-refractivity contribution is -0.323. The third-order valence-corrected chi connectivity index (χ3v) is 5.46. The number of fused-ring (bicyclic) bond motifs is 3. The number of carboxylic acid groups (broad SMARTS) is 1. The number of halogens is 4. The van der Waals surface area contributed by atoms with Gasteiger partial charge in [-0.05, 0) is 42.0 Å². The van der Waals surface area contributed by atoms with Gasteiger partial charge in [0, 0.05) is 17.0 Å². The van der Waals surface area contributed by atoms with Crippen molar-refractivity contribution >= 4 is 41.1 Å². The van der Waals surface area contributed by atoms with E-state index in [1.54, 1.807) is 0 Å². The number of methoxy groups -OCH3 is 1. The first kappa shape index (κ1) is 24.3. The van der Waals surface area contributed by atoms with Gasteiger partial charge in [0.25, 0.3) is 0 Å². The maximum Gasteiger partial charge on any atom is 0.573 e. The number of rotatable bonds is 3. The first-order valence-electron chi connectivity index (χ1n) is 9.74.